The molecule has 0 aromatic heterocycles. The number of benzene rings is 2. The summed E-state index contributed by atoms with van der Waals surface area (Å²) in [5, 5.41) is 0. The Bertz CT molecular complexity index is 844. The van der Waals surface area contributed by atoms with E-state index in [4.69, 9.17) is 0 Å². The highest BCUT2D eigenvalue weighted by Crippen LogP contribution is 2.33. The first-order chi connectivity index (χ1) is 12.6. The van der Waals surface area contributed by atoms with Crippen molar-refractivity contribution in [3.63, 3.8) is 0 Å². The quantitative estimate of drug-likeness (QED) is 0.532. The van der Waals surface area contributed by atoms with Crippen molar-refractivity contribution in [3.8, 4) is 0 Å². The second-order valence-corrected chi connectivity index (χ2v) is 8.56. The first kappa shape index (κ1) is 17.9. The van der Waals surface area contributed by atoms with E-state index in [0.29, 0.717) is 6.04 Å². The van der Waals surface area contributed by atoms with Crippen molar-refractivity contribution in [1.82, 2.24) is 4.90 Å². The molecule has 0 spiro atoms. The second kappa shape index (κ2) is 7.63. The number of Topliss-reactive ketones (excluding diaryl/α,β-unsaturated/α-hetero) is 1. The van der Waals surface area contributed by atoms with Crippen molar-refractivity contribution in [2.75, 3.05) is 13.1 Å². The molecule has 0 bridgehead atoms. The van der Waals surface area contributed by atoms with Crippen molar-refractivity contribution in [3.05, 3.63) is 79.7 Å². The van der Waals surface area contributed by atoms with E-state index < -0.39 is 0 Å². The lowest BCUT2D eigenvalue weighted by molar-refractivity contribution is -0.113. The standard InChI is InChI=1S/C22H19Br2NO/c23-20-7-3-1-5-15(20)11-17-13-25(19-9-10-19)14-18(22(17)26)12-16-6-2-4-8-21(16)24/h1-8,11-12,19H,9-10,13-14H2/b17-11+,18-12+. The van der Waals surface area contributed by atoms with Gasteiger partial charge in [0, 0.05) is 39.2 Å². The van der Waals surface area contributed by atoms with Crippen LogP contribution in [0.2, 0.25) is 0 Å². The zero-order chi connectivity index (χ0) is 18.1. The summed E-state index contributed by atoms with van der Waals surface area (Å²) in [6.45, 7) is 1.47. The van der Waals surface area contributed by atoms with Crippen molar-refractivity contribution in [1.29, 1.82) is 0 Å². The van der Waals surface area contributed by atoms with Gasteiger partial charge in [-0.3, -0.25) is 9.69 Å². The van der Waals surface area contributed by atoms with Gasteiger partial charge in [-0.2, -0.15) is 0 Å². The lowest BCUT2D eigenvalue weighted by Gasteiger charge is -2.30. The van der Waals surface area contributed by atoms with Gasteiger partial charge in [0.15, 0.2) is 5.78 Å². The van der Waals surface area contributed by atoms with E-state index in [-0.39, 0.29) is 5.78 Å². The molecule has 0 unspecified atom stereocenters. The molecule has 0 N–H and O–H groups in total. The summed E-state index contributed by atoms with van der Waals surface area (Å²) in [6.07, 6.45) is 6.54. The van der Waals surface area contributed by atoms with Crippen molar-refractivity contribution in [2.45, 2.75) is 18.9 Å². The predicted molar refractivity (Wildman–Crippen MR) is 114 cm³/mol. The third kappa shape index (κ3) is 3.93. The van der Waals surface area contributed by atoms with Crippen LogP contribution in [0.1, 0.15) is 24.0 Å². The van der Waals surface area contributed by atoms with Crippen LogP contribution in [-0.4, -0.2) is 29.8 Å². The third-order valence-electron chi connectivity index (χ3n) is 4.86. The lowest BCUT2D eigenvalue weighted by atomic mass is 9.94. The maximum atomic E-state index is 13.2. The fourth-order valence-electron chi connectivity index (χ4n) is 3.32. The molecule has 2 nitrogen and oxygen atoms in total. The van der Waals surface area contributed by atoms with Crippen LogP contribution in [0.5, 0.6) is 0 Å². The Morgan fingerprint density at radius 1 is 0.808 bits per heavy atom. The van der Waals surface area contributed by atoms with Crippen molar-refractivity contribution >= 4 is 49.8 Å². The van der Waals surface area contributed by atoms with E-state index in [1.54, 1.807) is 0 Å². The molecular formula is C22H19Br2NO. The molecule has 1 aliphatic heterocycles. The molecule has 2 aromatic carbocycles. The van der Waals surface area contributed by atoms with Crippen LogP contribution in [0.25, 0.3) is 12.2 Å². The number of ketones is 1. The van der Waals surface area contributed by atoms with Crippen LogP contribution < -0.4 is 0 Å². The molecule has 1 saturated heterocycles. The zero-order valence-corrected chi connectivity index (χ0v) is 17.5. The van der Waals surface area contributed by atoms with Gasteiger partial charge in [-0.05, 0) is 48.3 Å². The summed E-state index contributed by atoms with van der Waals surface area (Å²) in [6, 6.07) is 16.7. The van der Waals surface area contributed by atoms with Crippen LogP contribution in [0.4, 0.5) is 0 Å². The number of hydrogen-bond donors (Lipinski definition) is 0. The first-order valence-electron chi connectivity index (χ1n) is 8.81. The van der Waals surface area contributed by atoms with E-state index in [0.717, 1.165) is 44.3 Å². The molecule has 0 amide bonds. The van der Waals surface area contributed by atoms with Gasteiger partial charge in [0.1, 0.15) is 0 Å². The van der Waals surface area contributed by atoms with Gasteiger partial charge in [-0.1, -0.05) is 68.3 Å². The number of carbonyl (C=O) groups is 1. The fourth-order valence-corrected chi connectivity index (χ4v) is 4.12. The average molecular weight is 473 g/mol. The Morgan fingerprint density at radius 3 is 1.69 bits per heavy atom. The van der Waals surface area contributed by atoms with Gasteiger partial charge in [0.05, 0.1) is 0 Å². The lowest BCUT2D eigenvalue weighted by Crippen LogP contribution is -2.39. The molecule has 2 aliphatic rings. The van der Waals surface area contributed by atoms with Gasteiger partial charge in [0.2, 0.25) is 0 Å². The van der Waals surface area contributed by atoms with Gasteiger partial charge < -0.3 is 0 Å². The molecular weight excluding hydrogens is 454 g/mol. The molecule has 2 fully saturated rings. The van der Waals surface area contributed by atoms with Gasteiger partial charge in [-0.15, -0.1) is 0 Å². The zero-order valence-electron chi connectivity index (χ0n) is 14.3. The van der Waals surface area contributed by atoms with E-state index in [2.05, 4.69) is 36.8 Å². The van der Waals surface area contributed by atoms with Crippen LogP contribution in [0, 0.1) is 0 Å². The maximum absolute atomic E-state index is 13.2. The summed E-state index contributed by atoms with van der Waals surface area (Å²) in [5.74, 6) is 0.161. The molecule has 2 aromatic rings. The maximum Gasteiger partial charge on any atom is 0.187 e. The van der Waals surface area contributed by atoms with Gasteiger partial charge >= 0.3 is 0 Å². The molecule has 4 heteroatoms. The topological polar surface area (TPSA) is 20.3 Å². The number of nitrogens with zero attached hydrogens (tertiary/aromatic N) is 1. The minimum Gasteiger partial charge on any atom is -0.292 e. The molecule has 1 aliphatic carbocycles. The molecule has 0 atom stereocenters. The summed E-state index contributed by atoms with van der Waals surface area (Å²) in [7, 11) is 0. The summed E-state index contributed by atoms with van der Waals surface area (Å²) in [4.78, 5) is 15.6. The van der Waals surface area contributed by atoms with Crippen molar-refractivity contribution in [2.24, 2.45) is 0 Å². The van der Waals surface area contributed by atoms with E-state index in [9.17, 15) is 4.79 Å². The number of halogens is 2. The Kier molecular flexibility index (Phi) is 5.25. The normalized spacial score (nSPS) is 21.5. The average Bonchev–Trinajstić information content (AvgIpc) is 3.47. The van der Waals surface area contributed by atoms with Crippen LogP contribution in [-0.2, 0) is 4.79 Å². The number of piperidine rings is 1. The Balaban J connectivity index is 1.72. The van der Waals surface area contributed by atoms with E-state index >= 15 is 0 Å². The van der Waals surface area contributed by atoms with Crippen LogP contribution in [0.15, 0.2) is 68.6 Å². The third-order valence-corrected chi connectivity index (χ3v) is 6.31. The minimum absolute atomic E-state index is 0.161. The Morgan fingerprint density at radius 2 is 1.27 bits per heavy atom. The number of rotatable bonds is 3. The van der Waals surface area contributed by atoms with Crippen molar-refractivity contribution < 1.29 is 4.79 Å². The SMILES string of the molecule is O=C1/C(=C/c2ccccc2Br)CN(C2CC2)C/C1=C\c1ccccc1Br. The number of likely N-dealkylation sites (tertiary alicyclic amines) is 1. The molecule has 0 radical (unpaired) electrons. The monoisotopic (exact) mass is 471 g/mol. The molecule has 132 valence electrons. The largest absolute Gasteiger partial charge is 0.292 e. The molecule has 1 saturated carbocycles. The smallest absolute Gasteiger partial charge is 0.187 e. The Labute approximate surface area is 170 Å². The van der Waals surface area contributed by atoms with Gasteiger partial charge in [-0.25, -0.2) is 0 Å². The molecule has 26 heavy (non-hydrogen) atoms. The molecule has 1 heterocycles. The first-order valence-corrected chi connectivity index (χ1v) is 10.4. The Hall–Kier alpha value is -1.49. The van der Waals surface area contributed by atoms with Crippen LogP contribution >= 0.6 is 31.9 Å². The summed E-state index contributed by atoms with van der Waals surface area (Å²) < 4.78 is 2.03. The van der Waals surface area contributed by atoms with E-state index in [1.165, 1.54) is 12.8 Å². The highest BCUT2D eigenvalue weighted by molar-refractivity contribution is 9.10. The fraction of sp³-hybridized carbons (Fsp3) is 0.227. The minimum atomic E-state index is 0.161. The second-order valence-electron chi connectivity index (χ2n) is 6.85. The van der Waals surface area contributed by atoms with Crippen LogP contribution in [0.3, 0.4) is 0 Å². The highest BCUT2D eigenvalue weighted by atomic mass is 79.9. The summed E-state index contributed by atoms with van der Waals surface area (Å²) >= 11 is 7.18. The highest BCUT2D eigenvalue weighted by Gasteiger charge is 2.35. The number of hydrogen-bond acceptors (Lipinski definition) is 2. The summed E-state index contributed by atoms with van der Waals surface area (Å²) in [5.41, 5.74) is 3.84. The van der Waals surface area contributed by atoms with Gasteiger partial charge in [0.25, 0.3) is 0 Å². The predicted octanol–water partition coefficient (Wildman–Crippen LogP) is 5.73. The number of carbonyl (C=O) groups excluding carboxylic acids is 1. The van der Waals surface area contributed by atoms with E-state index in [1.807, 2.05) is 60.7 Å². The molecule has 4 rings (SSSR count).